The fraction of sp³-hybridized carbons (Fsp3) is 0.226. The predicted octanol–water partition coefficient (Wildman–Crippen LogP) is 8.67. The largest absolute Gasteiger partial charge is 0.490 e. The van der Waals surface area contributed by atoms with Crippen LogP contribution in [-0.4, -0.2) is 19.8 Å². The predicted molar refractivity (Wildman–Crippen MR) is 156 cm³/mol. The number of nitrogens with two attached hydrogens (primary N) is 1. The first-order chi connectivity index (χ1) is 17.9. The van der Waals surface area contributed by atoms with Crippen LogP contribution in [0, 0.1) is 13.8 Å². The molecule has 0 aliphatic carbocycles. The van der Waals surface area contributed by atoms with Gasteiger partial charge in [-0.05, 0) is 85.0 Å². The van der Waals surface area contributed by atoms with Crippen molar-refractivity contribution in [3.8, 4) is 22.6 Å². The van der Waals surface area contributed by atoms with E-state index in [2.05, 4.69) is 37.3 Å². The molecule has 0 saturated heterocycles. The second kappa shape index (κ2) is 12.7. The Hall–Kier alpha value is -2.69. The van der Waals surface area contributed by atoms with Crippen LogP contribution in [0.4, 0.5) is 0 Å². The molecule has 1 atom stereocenters. The Bertz CT molecular complexity index is 1330. The minimum atomic E-state index is 0.212. The van der Waals surface area contributed by atoms with Crippen LogP contribution in [0.5, 0.6) is 11.5 Å². The van der Waals surface area contributed by atoms with E-state index >= 15 is 0 Å². The molecule has 4 aromatic carbocycles. The molecule has 4 aromatic rings. The van der Waals surface area contributed by atoms with Gasteiger partial charge in [-0.2, -0.15) is 0 Å². The lowest BCUT2D eigenvalue weighted by Crippen LogP contribution is -2.16. The van der Waals surface area contributed by atoms with Gasteiger partial charge in [0, 0.05) is 16.5 Å². The maximum atomic E-state index is 6.40. The van der Waals surface area contributed by atoms with Crippen molar-refractivity contribution < 1.29 is 9.47 Å². The van der Waals surface area contributed by atoms with Gasteiger partial charge in [-0.3, -0.25) is 0 Å². The van der Waals surface area contributed by atoms with Crippen molar-refractivity contribution in [2.75, 3.05) is 19.8 Å². The standard InChI is InChI=1S/C31H30Cl3NO2/c1-20-15-29(33)31(30(34)16-20)37-14-13-36-25-10-7-22(8-11-25)18-24(19-35)26-12-9-23(17-21(26)2)27-5-3-4-6-28(27)32/h3-12,15-17,24H,13-14,18-19,35H2,1-2H3. The maximum absolute atomic E-state index is 6.40. The Morgan fingerprint density at radius 2 is 1.43 bits per heavy atom. The van der Waals surface area contributed by atoms with Crippen LogP contribution in [0.2, 0.25) is 15.1 Å². The van der Waals surface area contributed by atoms with Gasteiger partial charge in [-0.25, -0.2) is 0 Å². The zero-order valence-corrected chi connectivity index (χ0v) is 23.2. The Morgan fingerprint density at radius 3 is 2.08 bits per heavy atom. The number of hydrogen-bond acceptors (Lipinski definition) is 3. The molecule has 0 amide bonds. The van der Waals surface area contributed by atoms with E-state index < -0.39 is 0 Å². The van der Waals surface area contributed by atoms with E-state index in [0.717, 1.165) is 33.9 Å². The molecule has 4 rings (SSSR count). The van der Waals surface area contributed by atoms with Crippen molar-refractivity contribution in [2.24, 2.45) is 5.73 Å². The molecule has 0 aliphatic heterocycles. The molecule has 0 spiro atoms. The zero-order valence-electron chi connectivity index (χ0n) is 20.9. The summed E-state index contributed by atoms with van der Waals surface area (Å²) in [7, 11) is 0. The van der Waals surface area contributed by atoms with Gasteiger partial charge >= 0.3 is 0 Å². The van der Waals surface area contributed by atoms with E-state index in [4.69, 9.17) is 50.0 Å². The number of hydrogen-bond donors (Lipinski definition) is 1. The van der Waals surface area contributed by atoms with E-state index in [9.17, 15) is 0 Å². The Kier molecular flexibility index (Phi) is 9.39. The number of rotatable bonds is 10. The van der Waals surface area contributed by atoms with Crippen molar-refractivity contribution in [1.82, 2.24) is 0 Å². The van der Waals surface area contributed by atoms with E-state index in [1.165, 1.54) is 16.7 Å². The average Bonchev–Trinajstić information content (AvgIpc) is 2.87. The summed E-state index contributed by atoms with van der Waals surface area (Å²) in [6.07, 6.45) is 0.844. The zero-order chi connectivity index (χ0) is 26.4. The molecule has 37 heavy (non-hydrogen) atoms. The first-order valence-electron chi connectivity index (χ1n) is 12.2. The molecule has 0 saturated carbocycles. The van der Waals surface area contributed by atoms with Gasteiger partial charge in [0.25, 0.3) is 0 Å². The lowest BCUT2D eigenvalue weighted by atomic mass is 9.87. The van der Waals surface area contributed by atoms with Crippen molar-refractivity contribution in [3.05, 3.63) is 116 Å². The molecule has 3 nitrogen and oxygen atoms in total. The number of halogens is 3. The summed E-state index contributed by atoms with van der Waals surface area (Å²) in [5, 5.41) is 1.75. The van der Waals surface area contributed by atoms with E-state index in [-0.39, 0.29) is 5.92 Å². The Balaban J connectivity index is 1.34. The smallest absolute Gasteiger partial charge is 0.156 e. The van der Waals surface area contributed by atoms with Gasteiger partial charge in [-0.1, -0.05) is 83.3 Å². The molecule has 0 aromatic heterocycles. The van der Waals surface area contributed by atoms with Gasteiger partial charge in [0.1, 0.15) is 19.0 Å². The van der Waals surface area contributed by atoms with E-state index in [0.29, 0.717) is 35.6 Å². The summed E-state index contributed by atoms with van der Waals surface area (Å²) in [4.78, 5) is 0. The highest BCUT2D eigenvalue weighted by Crippen LogP contribution is 2.34. The second-order valence-corrected chi connectivity index (χ2v) is 10.3. The average molecular weight is 555 g/mol. The first-order valence-corrected chi connectivity index (χ1v) is 13.3. The van der Waals surface area contributed by atoms with Gasteiger partial charge in [-0.15, -0.1) is 0 Å². The van der Waals surface area contributed by atoms with E-state index in [1.54, 1.807) is 0 Å². The van der Waals surface area contributed by atoms with Gasteiger partial charge in [0.05, 0.1) is 10.0 Å². The Morgan fingerprint density at radius 1 is 0.757 bits per heavy atom. The normalized spacial score (nSPS) is 11.8. The van der Waals surface area contributed by atoms with Crippen LogP contribution in [0.1, 0.15) is 28.2 Å². The molecular weight excluding hydrogens is 525 g/mol. The molecule has 0 heterocycles. The monoisotopic (exact) mass is 553 g/mol. The maximum Gasteiger partial charge on any atom is 0.156 e. The summed E-state index contributed by atoms with van der Waals surface area (Å²) in [5.74, 6) is 1.47. The van der Waals surface area contributed by atoms with Crippen LogP contribution < -0.4 is 15.2 Å². The van der Waals surface area contributed by atoms with Crippen molar-refractivity contribution in [1.29, 1.82) is 0 Å². The summed E-state index contributed by atoms with van der Waals surface area (Å²) in [6.45, 7) is 5.34. The van der Waals surface area contributed by atoms with Gasteiger partial charge in [0.15, 0.2) is 5.75 Å². The number of benzene rings is 4. The minimum absolute atomic E-state index is 0.212. The fourth-order valence-corrected chi connectivity index (χ4v) is 5.40. The molecule has 192 valence electrons. The summed E-state index contributed by atoms with van der Waals surface area (Å²) in [5.41, 5.74) is 13.0. The first kappa shape index (κ1) is 27.3. The second-order valence-electron chi connectivity index (χ2n) is 9.09. The molecule has 1 unspecified atom stereocenters. The van der Waals surface area contributed by atoms with Crippen molar-refractivity contribution in [2.45, 2.75) is 26.2 Å². The van der Waals surface area contributed by atoms with Crippen LogP contribution >= 0.6 is 34.8 Å². The molecule has 6 heteroatoms. The number of ether oxygens (including phenoxy) is 2. The Labute approximate surface area is 234 Å². The minimum Gasteiger partial charge on any atom is -0.490 e. The van der Waals surface area contributed by atoms with Crippen LogP contribution in [0.3, 0.4) is 0 Å². The third-order valence-corrected chi connectivity index (χ3v) is 7.22. The molecule has 0 fully saturated rings. The van der Waals surface area contributed by atoms with Crippen LogP contribution in [-0.2, 0) is 6.42 Å². The van der Waals surface area contributed by atoms with Gasteiger partial charge in [0.2, 0.25) is 0 Å². The fourth-order valence-electron chi connectivity index (χ4n) is 4.45. The molecule has 0 aliphatic rings. The third kappa shape index (κ3) is 7.00. The summed E-state index contributed by atoms with van der Waals surface area (Å²) >= 11 is 18.9. The highest BCUT2D eigenvalue weighted by molar-refractivity contribution is 6.37. The highest BCUT2D eigenvalue weighted by atomic mass is 35.5. The molecule has 0 bridgehead atoms. The summed E-state index contributed by atoms with van der Waals surface area (Å²) < 4.78 is 11.6. The lowest BCUT2D eigenvalue weighted by Gasteiger charge is -2.19. The molecular formula is C31H30Cl3NO2. The molecule has 2 N–H and O–H groups in total. The van der Waals surface area contributed by atoms with Crippen LogP contribution in [0.25, 0.3) is 11.1 Å². The van der Waals surface area contributed by atoms with Crippen LogP contribution in [0.15, 0.2) is 78.9 Å². The van der Waals surface area contributed by atoms with Crippen molar-refractivity contribution in [3.63, 3.8) is 0 Å². The number of aryl methyl sites for hydroxylation is 2. The highest BCUT2D eigenvalue weighted by Gasteiger charge is 2.15. The van der Waals surface area contributed by atoms with Crippen molar-refractivity contribution >= 4 is 34.8 Å². The van der Waals surface area contributed by atoms with E-state index in [1.807, 2.05) is 55.5 Å². The van der Waals surface area contributed by atoms with Gasteiger partial charge < -0.3 is 15.2 Å². The summed E-state index contributed by atoms with van der Waals surface area (Å²) in [6, 6.07) is 26.2. The topological polar surface area (TPSA) is 44.5 Å². The quantitative estimate of drug-likeness (QED) is 0.199. The molecule has 0 radical (unpaired) electrons. The SMILES string of the molecule is Cc1cc(Cl)c(OCCOc2ccc(CC(CN)c3ccc(-c4ccccc4Cl)cc3C)cc2)c(Cl)c1. The lowest BCUT2D eigenvalue weighted by molar-refractivity contribution is 0.217. The third-order valence-electron chi connectivity index (χ3n) is 6.33.